The van der Waals surface area contributed by atoms with Crippen molar-refractivity contribution in [2.24, 2.45) is 0 Å². The van der Waals surface area contributed by atoms with Crippen LogP contribution in [0.2, 0.25) is 0 Å². The Kier molecular flexibility index (Phi) is 6.49. The van der Waals surface area contributed by atoms with Gasteiger partial charge < -0.3 is 24.3 Å². The van der Waals surface area contributed by atoms with E-state index < -0.39 is 0 Å². The monoisotopic (exact) mass is 268 g/mol. The minimum Gasteiger partial charge on any atom is -0.487 e. The zero-order valence-electron chi connectivity index (χ0n) is 11.2. The smallest absolute Gasteiger partial charge is 0.161 e. The van der Waals surface area contributed by atoms with Crippen molar-refractivity contribution in [3.8, 4) is 11.5 Å². The molecule has 0 atom stereocenters. The van der Waals surface area contributed by atoms with Gasteiger partial charge in [0.1, 0.15) is 13.2 Å². The second-order valence-corrected chi connectivity index (χ2v) is 4.23. The summed E-state index contributed by atoms with van der Waals surface area (Å²) in [4.78, 5) is 0. The molecule has 106 valence electrons. The van der Waals surface area contributed by atoms with Crippen LogP contribution in [0.25, 0.3) is 0 Å². The predicted octanol–water partition coefficient (Wildman–Crippen LogP) is 0.0544. The van der Waals surface area contributed by atoms with Gasteiger partial charge in [-0.3, -0.25) is 0 Å². The molecule has 0 saturated carbocycles. The van der Waals surface area contributed by atoms with E-state index >= 15 is 0 Å². The van der Waals surface area contributed by atoms with Crippen LogP contribution >= 0.6 is 0 Å². The molecule has 0 saturated heterocycles. The number of hydrogen-bond acceptors (Lipinski definition) is 4. The molecule has 2 rings (SSSR count). The summed E-state index contributed by atoms with van der Waals surface area (Å²) in [5.41, 5.74) is 0. The molecule has 0 unspecified atom stereocenters. The first-order valence-electron chi connectivity index (χ1n) is 6.78. The fraction of sp³-hybridized carbons (Fsp3) is 0.571. The van der Waals surface area contributed by atoms with Crippen molar-refractivity contribution >= 4 is 0 Å². The molecule has 5 nitrogen and oxygen atoms in total. The summed E-state index contributed by atoms with van der Waals surface area (Å²) >= 11 is 0. The Morgan fingerprint density at radius 3 is 1.74 bits per heavy atom. The first-order chi connectivity index (χ1) is 9.47. The topological polar surface area (TPSA) is 53.5 Å². The molecule has 1 aromatic rings. The van der Waals surface area contributed by atoms with Gasteiger partial charge in [-0.05, 0) is 12.1 Å². The fourth-order valence-electron chi connectivity index (χ4n) is 1.79. The minimum atomic E-state index is 0.539. The van der Waals surface area contributed by atoms with Gasteiger partial charge >= 0.3 is 0 Å². The van der Waals surface area contributed by atoms with E-state index in [2.05, 4.69) is 5.32 Å². The van der Waals surface area contributed by atoms with E-state index in [1.165, 1.54) is 0 Å². The van der Waals surface area contributed by atoms with Crippen LogP contribution in [0.1, 0.15) is 0 Å². The molecule has 5 heteroatoms. The van der Waals surface area contributed by atoms with Gasteiger partial charge in [-0.25, -0.2) is 0 Å². The van der Waals surface area contributed by atoms with Crippen molar-refractivity contribution in [3.63, 3.8) is 0 Å². The molecular weight excluding hydrogens is 246 g/mol. The van der Waals surface area contributed by atoms with Gasteiger partial charge in [0, 0.05) is 0 Å². The highest BCUT2D eigenvalue weighted by Crippen LogP contribution is 2.26. The highest BCUT2D eigenvalue weighted by Gasteiger charge is 2.04. The molecule has 0 fully saturated rings. The largest absolute Gasteiger partial charge is 0.487 e. The first-order valence-corrected chi connectivity index (χ1v) is 6.78. The molecule has 0 bridgehead atoms. The third-order valence-corrected chi connectivity index (χ3v) is 2.75. The average Bonchev–Trinajstić information content (AvgIpc) is 2.45. The molecule has 1 aliphatic heterocycles. The van der Waals surface area contributed by atoms with Crippen molar-refractivity contribution in [2.75, 3.05) is 52.7 Å². The van der Waals surface area contributed by atoms with Crippen molar-refractivity contribution < 1.29 is 24.3 Å². The summed E-state index contributed by atoms with van der Waals surface area (Å²) in [6.07, 6.45) is 0. The Morgan fingerprint density at radius 1 is 0.684 bits per heavy atom. The third-order valence-electron chi connectivity index (χ3n) is 2.75. The van der Waals surface area contributed by atoms with E-state index in [4.69, 9.17) is 18.9 Å². The van der Waals surface area contributed by atoms with Gasteiger partial charge in [-0.2, -0.15) is 0 Å². The zero-order chi connectivity index (χ0) is 13.2. The lowest BCUT2D eigenvalue weighted by Crippen LogP contribution is -2.86. The van der Waals surface area contributed by atoms with Crippen LogP contribution in [0.15, 0.2) is 24.3 Å². The highest BCUT2D eigenvalue weighted by atomic mass is 16.6. The fourth-order valence-corrected chi connectivity index (χ4v) is 1.79. The lowest BCUT2D eigenvalue weighted by atomic mass is 10.3. The van der Waals surface area contributed by atoms with Crippen LogP contribution < -0.4 is 14.8 Å². The molecule has 0 radical (unpaired) electrons. The van der Waals surface area contributed by atoms with Crippen LogP contribution in [0, 0.1) is 0 Å². The maximum absolute atomic E-state index is 5.66. The Bertz CT molecular complexity index is 326. The summed E-state index contributed by atoms with van der Waals surface area (Å²) in [5, 5.41) is 2.19. The van der Waals surface area contributed by atoms with Crippen LogP contribution in [0.4, 0.5) is 0 Å². The molecule has 19 heavy (non-hydrogen) atoms. The number of rotatable bonds is 0. The second-order valence-electron chi connectivity index (χ2n) is 4.23. The maximum atomic E-state index is 5.66. The second kappa shape index (κ2) is 8.74. The summed E-state index contributed by atoms with van der Waals surface area (Å²) in [5.74, 6) is 1.51. The predicted molar refractivity (Wildman–Crippen MR) is 70.7 cm³/mol. The van der Waals surface area contributed by atoms with E-state index in [1.54, 1.807) is 0 Å². The van der Waals surface area contributed by atoms with Crippen LogP contribution in [-0.4, -0.2) is 52.7 Å². The maximum Gasteiger partial charge on any atom is 0.161 e. The lowest BCUT2D eigenvalue weighted by Gasteiger charge is -2.12. The summed E-state index contributed by atoms with van der Waals surface area (Å²) in [6, 6.07) is 7.68. The highest BCUT2D eigenvalue weighted by molar-refractivity contribution is 5.39. The lowest BCUT2D eigenvalue weighted by molar-refractivity contribution is -0.657. The molecule has 1 heterocycles. The van der Waals surface area contributed by atoms with Gasteiger partial charge in [0.25, 0.3) is 0 Å². The van der Waals surface area contributed by atoms with Gasteiger partial charge in [0.15, 0.2) is 11.5 Å². The number of para-hydroxylation sites is 2. The number of quaternary nitrogens is 1. The summed E-state index contributed by atoms with van der Waals surface area (Å²) in [7, 11) is 0. The number of benzene rings is 1. The number of hydrogen-bond donors (Lipinski definition) is 1. The third kappa shape index (κ3) is 5.46. The van der Waals surface area contributed by atoms with Gasteiger partial charge in [-0.15, -0.1) is 0 Å². The number of nitrogens with two attached hydrogens (primary N) is 1. The van der Waals surface area contributed by atoms with Crippen LogP contribution in [-0.2, 0) is 9.47 Å². The molecule has 2 N–H and O–H groups in total. The Hall–Kier alpha value is -1.30. The minimum absolute atomic E-state index is 0.539. The Labute approximate surface area is 113 Å². The van der Waals surface area contributed by atoms with E-state index in [0.29, 0.717) is 26.4 Å². The number of ether oxygens (including phenoxy) is 4. The molecule has 0 aliphatic carbocycles. The Balaban J connectivity index is 1.87. The average molecular weight is 268 g/mol. The van der Waals surface area contributed by atoms with Gasteiger partial charge in [0.2, 0.25) is 0 Å². The zero-order valence-corrected chi connectivity index (χ0v) is 11.2. The van der Waals surface area contributed by atoms with Crippen molar-refractivity contribution in [3.05, 3.63) is 24.3 Å². The molecular formula is C14H22NO4+. The Morgan fingerprint density at radius 2 is 1.21 bits per heavy atom. The van der Waals surface area contributed by atoms with E-state index in [-0.39, 0.29) is 0 Å². The molecule has 0 aromatic heterocycles. The summed E-state index contributed by atoms with van der Waals surface area (Å²) < 4.78 is 22.3. The van der Waals surface area contributed by atoms with E-state index in [1.807, 2.05) is 24.3 Å². The van der Waals surface area contributed by atoms with E-state index in [9.17, 15) is 0 Å². The molecule has 1 aromatic carbocycles. The first kappa shape index (κ1) is 14.1. The molecule has 0 spiro atoms. The standard InChI is InChI=1S/C14H21NO4/c1-2-4-14-13(3-1)18-11-9-16-7-5-15-6-8-17-10-12-19-14/h1-4,15H,5-12H2/p+1. The van der Waals surface area contributed by atoms with E-state index in [0.717, 1.165) is 37.8 Å². The van der Waals surface area contributed by atoms with Crippen LogP contribution in [0.3, 0.4) is 0 Å². The van der Waals surface area contributed by atoms with Crippen molar-refractivity contribution in [1.82, 2.24) is 0 Å². The summed E-state index contributed by atoms with van der Waals surface area (Å²) in [6.45, 7) is 5.65. The molecule has 0 amide bonds. The normalized spacial score (nSPS) is 19.2. The number of fused-ring (bicyclic) bond motifs is 1. The van der Waals surface area contributed by atoms with Crippen molar-refractivity contribution in [2.45, 2.75) is 0 Å². The van der Waals surface area contributed by atoms with Crippen molar-refractivity contribution in [1.29, 1.82) is 0 Å². The molecule has 1 aliphatic rings. The quantitative estimate of drug-likeness (QED) is 0.722. The van der Waals surface area contributed by atoms with Crippen LogP contribution in [0.5, 0.6) is 11.5 Å². The van der Waals surface area contributed by atoms with Gasteiger partial charge in [-0.1, -0.05) is 12.1 Å². The van der Waals surface area contributed by atoms with Gasteiger partial charge in [0.05, 0.1) is 39.5 Å². The SMILES string of the molecule is c1ccc2c(c1)OCCOCC[NH2+]CCOCCO2.